The van der Waals surface area contributed by atoms with Gasteiger partial charge in [0.25, 0.3) is 5.91 Å². The molecule has 1 N–H and O–H groups in total. The number of para-hydroxylation sites is 1. The highest BCUT2D eigenvalue weighted by molar-refractivity contribution is 6.05. The zero-order chi connectivity index (χ0) is 14.2. The number of likely N-dealkylation sites (N-methyl/N-ethyl adjacent to an activating group) is 1. The molecule has 1 saturated carbocycles. The lowest BCUT2D eigenvalue weighted by Crippen LogP contribution is -2.78. The van der Waals surface area contributed by atoms with Crippen molar-refractivity contribution in [1.82, 2.24) is 0 Å². The van der Waals surface area contributed by atoms with Crippen LogP contribution in [0.3, 0.4) is 0 Å². The van der Waals surface area contributed by atoms with Gasteiger partial charge in [-0.25, -0.2) is 0 Å². The van der Waals surface area contributed by atoms with Gasteiger partial charge in [-0.1, -0.05) is 45.9 Å². The van der Waals surface area contributed by atoms with Crippen LogP contribution in [0.4, 0.5) is 5.69 Å². The monoisotopic (exact) mass is 259 g/mol. The first-order valence-electron chi connectivity index (χ1n) is 6.77. The quantitative estimate of drug-likeness (QED) is 0.778. The number of nitrogens with zero attached hydrogens (tertiary/aromatic N) is 1. The third kappa shape index (κ3) is 1.08. The van der Waals surface area contributed by atoms with E-state index in [1.54, 1.807) is 11.9 Å². The van der Waals surface area contributed by atoms with Gasteiger partial charge in [-0.05, 0) is 17.0 Å². The smallest absolute Gasteiger partial charge is 0.259 e. The van der Waals surface area contributed by atoms with E-state index < -0.39 is 11.0 Å². The van der Waals surface area contributed by atoms with E-state index in [0.29, 0.717) is 0 Å². The number of rotatable bonds is 0. The maximum atomic E-state index is 12.7. The van der Waals surface area contributed by atoms with Crippen LogP contribution in [0.1, 0.15) is 39.2 Å². The number of fused-ring (bicyclic) bond motifs is 3. The summed E-state index contributed by atoms with van der Waals surface area (Å²) in [6.45, 7) is 8.26. The summed E-state index contributed by atoms with van der Waals surface area (Å²) in [6.07, 6.45) is 0. The maximum Gasteiger partial charge on any atom is 0.259 e. The summed E-state index contributed by atoms with van der Waals surface area (Å²) in [4.78, 5) is 14.3. The minimum atomic E-state index is -1.29. The van der Waals surface area contributed by atoms with Crippen LogP contribution in [0.25, 0.3) is 0 Å². The fourth-order valence-electron chi connectivity index (χ4n) is 4.06. The van der Waals surface area contributed by atoms with E-state index >= 15 is 0 Å². The molecule has 0 spiro atoms. The van der Waals surface area contributed by atoms with Crippen LogP contribution in [0.5, 0.6) is 0 Å². The van der Waals surface area contributed by atoms with Gasteiger partial charge in [0.2, 0.25) is 0 Å². The third-order valence-corrected chi connectivity index (χ3v) is 5.94. The van der Waals surface area contributed by atoms with Crippen molar-refractivity contribution in [3.05, 3.63) is 29.8 Å². The summed E-state index contributed by atoms with van der Waals surface area (Å²) in [5, 5.41) is 11.1. The van der Waals surface area contributed by atoms with Crippen LogP contribution >= 0.6 is 0 Å². The largest absolute Gasteiger partial charge is 0.379 e. The molecule has 0 aromatic heterocycles. The molecule has 0 bridgehead atoms. The molecule has 2 aliphatic rings. The Morgan fingerprint density at radius 2 is 1.74 bits per heavy atom. The first-order chi connectivity index (χ1) is 8.67. The average Bonchev–Trinajstić information content (AvgIpc) is 2.35. The van der Waals surface area contributed by atoms with Crippen molar-refractivity contribution in [3.8, 4) is 0 Å². The Balaban J connectivity index is 2.29. The molecule has 19 heavy (non-hydrogen) atoms. The highest BCUT2D eigenvalue weighted by Crippen LogP contribution is 2.72. The standard InChI is InChI=1S/C16H21NO2/c1-14(2)12-10-8-6-7-9-11(10)17(5)13(18)16(12,19)15(14,3)4/h6-9,12,19H,1-5H3/t12-,16-/m0/s1. The van der Waals surface area contributed by atoms with Crippen molar-refractivity contribution in [3.63, 3.8) is 0 Å². The van der Waals surface area contributed by atoms with E-state index in [1.165, 1.54) is 0 Å². The van der Waals surface area contributed by atoms with Gasteiger partial charge in [0.05, 0.1) is 0 Å². The van der Waals surface area contributed by atoms with Gasteiger partial charge in [0.15, 0.2) is 5.60 Å². The number of carbonyl (C=O) groups is 1. The number of hydrogen-bond acceptors (Lipinski definition) is 2. The Morgan fingerprint density at radius 1 is 1.16 bits per heavy atom. The van der Waals surface area contributed by atoms with Crippen molar-refractivity contribution in [1.29, 1.82) is 0 Å². The van der Waals surface area contributed by atoms with Gasteiger partial charge in [-0.15, -0.1) is 0 Å². The van der Waals surface area contributed by atoms with E-state index in [-0.39, 0.29) is 17.2 Å². The second-order valence-electron chi connectivity index (χ2n) is 6.97. The number of hydrogen-bond donors (Lipinski definition) is 1. The van der Waals surface area contributed by atoms with Crippen molar-refractivity contribution in [2.24, 2.45) is 10.8 Å². The summed E-state index contributed by atoms with van der Waals surface area (Å²) < 4.78 is 0. The number of carbonyl (C=O) groups excluding carboxylic acids is 1. The second kappa shape index (κ2) is 3.21. The molecule has 1 amide bonds. The lowest BCUT2D eigenvalue weighted by Gasteiger charge is -2.71. The number of aliphatic hydroxyl groups is 1. The van der Waals surface area contributed by atoms with Crippen LogP contribution in [-0.2, 0) is 4.79 Å². The minimum absolute atomic E-state index is 0.116. The molecule has 0 radical (unpaired) electrons. The van der Waals surface area contributed by atoms with E-state index in [4.69, 9.17) is 0 Å². The SMILES string of the molecule is CN1C(=O)[C@@]2(O)[C@@H](c3ccccc31)C(C)(C)C2(C)C. The van der Waals surface area contributed by atoms with E-state index in [0.717, 1.165) is 11.3 Å². The molecular weight excluding hydrogens is 238 g/mol. The fourth-order valence-corrected chi connectivity index (χ4v) is 4.06. The molecule has 1 aliphatic carbocycles. The molecule has 3 heteroatoms. The lowest BCUT2D eigenvalue weighted by molar-refractivity contribution is -0.248. The maximum absolute atomic E-state index is 12.7. The number of anilines is 1. The molecular formula is C16H21NO2. The molecule has 102 valence electrons. The van der Waals surface area contributed by atoms with Crippen LogP contribution in [0.2, 0.25) is 0 Å². The highest BCUT2D eigenvalue weighted by Gasteiger charge is 2.77. The minimum Gasteiger partial charge on any atom is -0.379 e. The highest BCUT2D eigenvalue weighted by atomic mass is 16.3. The van der Waals surface area contributed by atoms with Crippen molar-refractivity contribution in [2.75, 3.05) is 11.9 Å². The van der Waals surface area contributed by atoms with E-state index in [2.05, 4.69) is 13.8 Å². The molecule has 3 rings (SSSR count). The van der Waals surface area contributed by atoms with Crippen LogP contribution in [0, 0.1) is 10.8 Å². The Morgan fingerprint density at radius 3 is 2.37 bits per heavy atom. The van der Waals surface area contributed by atoms with Crippen molar-refractivity contribution < 1.29 is 9.90 Å². The van der Waals surface area contributed by atoms with Gasteiger partial charge >= 0.3 is 0 Å². The molecule has 1 aromatic rings. The topological polar surface area (TPSA) is 40.5 Å². The summed E-state index contributed by atoms with van der Waals surface area (Å²) in [5.41, 5.74) is 0.153. The fraction of sp³-hybridized carbons (Fsp3) is 0.562. The zero-order valence-electron chi connectivity index (χ0n) is 12.2. The van der Waals surface area contributed by atoms with Crippen molar-refractivity contribution in [2.45, 2.75) is 39.2 Å². The van der Waals surface area contributed by atoms with Crippen LogP contribution in [0.15, 0.2) is 24.3 Å². The first-order valence-corrected chi connectivity index (χ1v) is 6.77. The molecule has 1 aliphatic heterocycles. The predicted molar refractivity (Wildman–Crippen MR) is 75.1 cm³/mol. The molecule has 1 aromatic carbocycles. The zero-order valence-corrected chi connectivity index (χ0v) is 12.2. The van der Waals surface area contributed by atoms with Gasteiger partial charge in [-0.2, -0.15) is 0 Å². The van der Waals surface area contributed by atoms with E-state index in [1.807, 2.05) is 38.1 Å². The molecule has 2 atom stereocenters. The summed E-state index contributed by atoms with van der Waals surface area (Å²) in [7, 11) is 1.75. The molecule has 0 unspecified atom stereocenters. The van der Waals surface area contributed by atoms with Gasteiger partial charge in [0.1, 0.15) is 0 Å². The number of benzene rings is 1. The van der Waals surface area contributed by atoms with E-state index in [9.17, 15) is 9.90 Å². The Kier molecular flexibility index (Phi) is 2.14. The summed E-state index contributed by atoms with van der Waals surface area (Å²) in [5.74, 6) is -0.310. The molecule has 1 fully saturated rings. The third-order valence-electron chi connectivity index (χ3n) is 5.94. The molecule has 0 saturated heterocycles. The van der Waals surface area contributed by atoms with Crippen LogP contribution in [-0.4, -0.2) is 23.7 Å². The summed E-state index contributed by atoms with van der Waals surface area (Å²) >= 11 is 0. The molecule has 1 heterocycles. The molecule has 3 nitrogen and oxygen atoms in total. The Bertz CT molecular complexity index is 576. The second-order valence-corrected chi connectivity index (χ2v) is 6.97. The average molecular weight is 259 g/mol. The predicted octanol–water partition coefficient (Wildman–Crippen LogP) is 2.54. The normalized spacial score (nSPS) is 34.3. The first kappa shape index (κ1) is 12.7. The Labute approximate surface area is 114 Å². The Hall–Kier alpha value is -1.35. The van der Waals surface area contributed by atoms with Gasteiger partial charge in [-0.3, -0.25) is 4.79 Å². The van der Waals surface area contributed by atoms with Gasteiger partial charge < -0.3 is 10.0 Å². The lowest BCUT2D eigenvalue weighted by atomic mass is 9.35. The van der Waals surface area contributed by atoms with Crippen molar-refractivity contribution >= 4 is 11.6 Å². The van der Waals surface area contributed by atoms with Crippen LogP contribution < -0.4 is 4.90 Å². The van der Waals surface area contributed by atoms with Gasteiger partial charge in [0, 0.05) is 24.1 Å². The summed E-state index contributed by atoms with van der Waals surface area (Å²) in [6, 6.07) is 7.90. The number of amides is 1.